The quantitative estimate of drug-likeness (QED) is 0.848. The van der Waals surface area contributed by atoms with Crippen molar-refractivity contribution < 1.29 is 14.7 Å². The Bertz CT molecular complexity index is 441. The number of amides is 1. The molecule has 5 nitrogen and oxygen atoms in total. The Morgan fingerprint density at radius 2 is 2.38 bits per heavy atom. The molecule has 2 rings (SSSR count). The number of aliphatic carboxylic acids is 1. The van der Waals surface area contributed by atoms with Crippen molar-refractivity contribution in [3.63, 3.8) is 0 Å². The molecule has 0 aliphatic carbocycles. The highest BCUT2D eigenvalue weighted by atomic mass is 32.1. The molecule has 1 aliphatic heterocycles. The Balaban J connectivity index is 2.17. The van der Waals surface area contributed by atoms with Crippen molar-refractivity contribution >= 4 is 23.2 Å². The molecule has 0 saturated carbocycles. The van der Waals surface area contributed by atoms with Crippen LogP contribution in [0.1, 0.15) is 26.8 Å². The third kappa shape index (κ3) is 2.06. The molecule has 2 heterocycles. The molecule has 86 valence electrons. The molecule has 0 radical (unpaired) electrons. The molecule has 1 amide bonds. The van der Waals surface area contributed by atoms with Crippen LogP contribution in [0.3, 0.4) is 0 Å². The number of carbonyl (C=O) groups is 2. The lowest BCUT2D eigenvalue weighted by Gasteiger charge is -2.20. The number of aromatic nitrogens is 1. The minimum Gasteiger partial charge on any atom is -0.481 e. The summed E-state index contributed by atoms with van der Waals surface area (Å²) in [6, 6.07) is 0. The number of thiazole rings is 1. The van der Waals surface area contributed by atoms with Gasteiger partial charge in [0.1, 0.15) is 4.88 Å². The van der Waals surface area contributed by atoms with Crippen LogP contribution in [0, 0.1) is 0 Å². The van der Waals surface area contributed by atoms with Crippen molar-refractivity contribution in [2.75, 3.05) is 13.6 Å². The first-order valence-corrected chi connectivity index (χ1v) is 5.85. The molecule has 0 fully saturated rings. The lowest BCUT2D eigenvalue weighted by atomic mass is 10.2. The van der Waals surface area contributed by atoms with Crippen LogP contribution >= 0.6 is 11.3 Å². The highest BCUT2D eigenvalue weighted by molar-refractivity contribution is 7.13. The summed E-state index contributed by atoms with van der Waals surface area (Å²) in [6.45, 7) is 0.688. The van der Waals surface area contributed by atoms with Crippen LogP contribution in [0.2, 0.25) is 0 Å². The first kappa shape index (κ1) is 11.1. The largest absolute Gasteiger partial charge is 0.481 e. The molecular formula is C10H12N2O3S. The van der Waals surface area contributed by atoms with Crippen LogP contribution in [0.25, 0.3) is 0 Å². The maximum absolute atomic E-state index is 11.7. The van der Waals surface area contributed by atoms with E-state index in [4.69, 9.17) is 5.11 Å². The molecular weight excluding hydrogens is 228 g/mol. The molecule has 0 aromatic carbocycles. The van der Waals surface area contributed by atoms with Gasteiger partial charge in [-0.05, 0) is 0 Å². The van der Waals surface area contributed by atoms with E-state index in [-0.39, 0.29) is 12.3 Å². The molecule has 0 unspecified atom stereocenters. The van der Waals surface area contributed by atoms with Gasteiger partial charge < -0.3 is 10.0 Å². The van der Waals surface area contributed by atoms with Crippen LogP contribution in [0.4, 0.5) is 0 Å². The summed E-state index contributed by atoms with van der Waals surface area (Å²) in [7, 11) is 1.77. The summed E-state index contributed by atoms with van der Waals surface area (Å²) in [5.74, 6) is -0.836. The van der Waals surface area contributed by atoms with Gasteiger partial charge in [-0.15, -0.1) is 11.3 Å². The molecule has 0 saturated heterocycles. The van der Waals surface area contributed by atoms with Crippen LogP contribution in [0.5, 0.6) is 0 Å². The molecule has 1 aromatic heterocycles. The van der Waals surface area contributed by atoms with E-state index in [1.807, 2.05) is 0 Å². The van der Waals surface area contributed by atoms with Gasteiger partial charge in [-0.25, -0.2) is 4.98 Å². The van der Waals surface area contributed by atoms with E-state index < -0.39 is 5.97 Å². The van der Waals surface area contributed by atoms with Crippen LogP contribution in [-0.2, 0) is 17.6 Å². The van der Waals surface area contributed by atoms with E-state index in [1.54, 1.807) is 11.9 Å². The fourth-order valence-electron chi connectivity index (χ4n) is 1.61. The van der Waals surface area contributed by atoms with E-state index in [1.165, 1.54) is 11.3 Å². The predicted octanol–water partition coefficient (Wildman–Crippen LogP) is 0.788. The van der Waals surface area contributed by atoms with Gasteiger partial charge in [0, 0.05) is 26.4 Å². The van der Waals surface area contributed by atoms with Gasteiger partial charge in [-0.1, -0.05) is 0 Å². The number of hydrogen-bond donors (Lipinski definition) is 1. The second-order valence-corrected chi connectivity index (χ2v) is 4.84. The highest BCUT2D eigenvalue weighted by Gasteiger charge is 2.25. The predicted molar refractivity (Wildman–Crippen MR) is 58.7 cm³/mol. The maximum atomic E-state index is 11.7. The number of carboxylic acids is 1. The molecule has 1 aliphatic rings. The Morgan fingerprint density at radius 1 is 1.62 bits per heavy atom. The fraction of sp³-hybridized carbons (Fsp3) is 0.500. The number of hydrogen-bond acceptors (Lipinski definition) is 4. The minimum atomic E-state index is -0.836. The number of nitrogens with zero attached hydrogens (tertiary/aromatic N) is 2. The van der Waals surface area contributed by atoms with E-state index in [9.17, 15) is 9.59 Å². The molecule has 16 heavy (non-hydrogen) atoms. The first-order chi connectivity index (χ1) is 7.58. The van der Waals surface area contributed by atoms with Gasteiger partial charge in [0.25, 0.3) is 5.91 Å². The van der Waals surface area contributed by atoms with Crippen molar-refractivity contribution in [3.8, 4) is 0 Å². The normalized spacial score (nSPS) is 15.1. The van der Waals surface area contributed by atoms with Gasteiger partial charge in [0.05, 0.1) is 17.1 Å². The summed E-state index contributed by atoms with van der Waals surface area (Å²) < 4.78 is 0. The van der Waals surface area contributed by atoms with Crippen molar-refractivity contribution in [2.24, 2.45) is 0 Å². The molecule has 0 atom stereocenters. The Hall–Kier alpha value is -1.43. The van der Waals surface area contributed by atoms with Gasteiger partial charge in [0.15, 0.2) is 0 Å². The van der Waals surface area contributed by atoms with Crippen LogP contribution in [-0.4, -0.2) is 40.5 Å². The SMILES string of the molecule is CN1CCc2nc(CCC(=O)O)sc2C1=O. The number of likely N-dealkylation sites (N-methyl/N-ethyl adjacent to an activating group) is 1. The van der Waals surface area contributed by atoms with E-state index >= 15 is 0 Å². The van der Waals surface area contributed by atoms with Crippen molar-refractivity contribution in [1.29, 1.82) is 0 Å². The molecule has 6 heteroatoms. The highest BCUT2D eigenvalue weighted by Crippen LogP contribution is 2.25. The maximum Gasteiger partial charge on any atom is 0.303 e. The topological polar surface area (TPSA) is 70.5 Å². The van der Waals surface area contributed by atoms with Crippen molar-refractivity contribution in [1.82, 2.24) is 9.88 Å². The number of rotatable bonds is 3. The number of carbonyl (C=O) groups excluding carboxylic acids is 1. The monoisotopic (exact) mass is 240 g/mol. The second kappa shape index (κ2) is 4.21. The third-order valence-corrected chi connectivity index (χ3v) is 3.66. The summed E-state index contributed by atoms with van der Waals surface area (Å²) in [5, 5.41) is 9.32. The van der Waals surface area contributed by atoms with Gasteiger partial charge in [-0.2, -0.15) is 0 Å². The fourth-order valence-corrected chi connectivity index (χ4v) is 2.71. The Kier molecular flexibility index (Phi) is 2.91. The summed E-state index contributed by atoms with van der Waals surface area (Å²) in [6.07, 6.45) is 1.24. The van der Waals surface area contributed by atoms with Gasteiger partial charge in [-0.3, -0.25) is 9.59 Å². The Labute approximate surface area is 96.7 Å². The molecule has 1 N–H and O–H groups in total. The van der Waals surface area contributed by atoms with Crippen LogP contribution in [0.15, 0.2) is 0 Å². The molecule has 1 aromatic rings. The lowest BCUT2D eigenvalue weighted by molar-refractivity contribution is -0.136. The van der Waals surface area contributed by atoms with Crippen molar-refractivity contribution in [2.45, 2.75) is 19.3 Å². The zero-order valence-electron chi connectivity index (χ0n) is 8.89. The standard InChI is InChI=1S/C10H12N2O3S/c1-12-5-4-6-9(10(12)15)16-7(11-6)2-3-8(13)14/h2-5H2,1H3,(H,13,14). The van der Waals surface area contributed by atoms with Gasteiger partial charge in [0.2, 0.25) is 0 Å². The summed E-state index contributed by atoms with van der Waals surface area (Å²) in [4.78, 5) is 28.8. The first-order valence-electron chi connectivity index (χ1n) is 5.04. The summed E-state index contributed by atoms with van der Waals surface area (Å²) >= 11 is 1.32. The number of carboxylic acid groups (broad SMARTS) is 1. The van der Waals surface area contributed by atoms with Crippen molar-refractivity contribution in [3.05, 3.63) is 15.6 Å². The zero-order valence-corrected chi connectivity index (χ0v) is 9.71. The average Bonchev–Trinajstić information content (AvgIpc) is 2.64. The zero-order chi connectivity index (χ0) is 11.7. The minimum absolute atomic E-state index is 0.000301. The van der Waals surface area contributed by atoms with E-state index in [0.29, 0.717) is 17.8 Å². The second-order valence-electron chi connectivity index (χ2n) is 3.75. The number of fused-ring (bicyclic) bond motifs is 1. The molecule has 0 bridgehead atoms. The lowest BCUT2D eigenvalue weighted by Crippen LogP contribution is -2.33. The van der Waals surface area contributed by atoms with E-state index in [0.717, 1.165) is 17.1 Å². The van der Waals surface area contributed by atoms with Gasteiger partial charge >= 0.3 is 5.97 Å². The van der Waals surface area contributed by atoms with E-state index in [2.05, 4.69) is 4.98 Å². The number of aryl methyl sites for hydroxylation is 1. The third-order valence-electron chi connectivity index (χ3n) is 2.52. The molecule has 0 spiro atoms. The summed E-state index contributed by atoms with van der Waals surface area (Å²) in [5.41, 5.74) is 0.827. The average molecular weight is 240 g/mol. The van der Waals surface area contributed by atoms with Crippen LogP contribution < -0.4 is 0 Å². The smallest absolute Gasteiger partial charge is 0.303 e. The Morgan fingerprint density at radius 3 is 3.06 bits per heavy atom.